The minimum atomic E-state index is -2.81. The third kappa shape index (κ3) is 10.5. The van der Waals surface area contributed by atoms with Crippen LogP contribution in [0, 0.1) is 11.8 Å². The Hall–Kier alpha value is -3.85. The highest BCUT2D eigenvalue weighted by molar-refractivity contribution is 6.99. The summed E-state index contributed by atoms with van der Waals surface area (Å²) >= 11 is 0. The van der Waals surface area contributed by atoms with Gasteiger partial charge in [-0.2, -0.15) is 0 Å². The molecular formula is C48H60O6Si. The smallest absolute Gasteiger partial charge is 0.305 e. The van der Waals surface area contributed by atoms with Crippen molar-refractivity contribution >= 4 is 24.7 Å². The highest BCUT2D eigenvalue weighted by Crippen LogP contribution is 2.43. The maximum Gasteiger partial charge on any atom is 0.305 e. The van der Waals surface area contributed by atoms with Crippen LogP contribution in [0.4, 0.5) is 0 Å². The van der Waals surface area contributed by atoms with Gasteiger partial charge in [0.15, 0.2) is 6.29 Å². The molecule has 0 N–H and O–H groups in total. The average Bonchev–Trinajstić information content (AvgIpc) is 3.54. The quantitative estimate of drug-likeness (QED) is 0.0463. The fourth-order valence-corrected chi connectivity index (χ4v) is 13.1. The summed E-state index contributed by atoms with van der Waals surface area (Å²) in [6.45, 7) is 8.81. The Balaban J connectivity index is 1.29. The molecule has 1 aliphatic carbocycles. The fraction of sp³-hybridized carbons (Fsp3) is 0.438. The molecule has 0 spiro atoms. The number of hydrogen-bond donors (Lipinski definition) is 0. The van der Waals surface area contributed by atoms with Gasteiger partial charge >= 0.3 is 5.97 Å². The van der Waals surface area contributed by atoms with Gasteiger partial charge in [0.25, 0.3) is 8.32 Å². The average molecular weight is 761 g/mol. The van der Waals surface area contributed by atoms with E-state index in [1.54, 1.807) is 0 Å². The lowest BCUT2D eigenvalue weighted by Gasteiger charge is -2.44. The molecule has 2 fully saturated rings. The molecular weight excluding hydrogens is 701 g/mol. The Kier molecular flexibility index (Phi) is 14.7. The van der Waals surface area contributed by atoms with Crippen molar-refractivity contribution in [2.45, 2.75) is 102 Å². The van der Waals surface area contributed by atoms with E-state index in [9.17, 15) is 4.79 Å². The normalized spacial score (nSPS) is 21.9. The number of esters is 1. The summed E-state index contributed by atoms with van der Waals surface area (Å²) in [5, 5.41) is 2.40. The van der Waals surface area contributed by atoms with Gasteiger partial charge in [0, 0.05) is 32.0 Å². The maximum atomic E-state index is 11.7. The summed E-state index contributed by atoms with van der Waals surface area (Å²) in [5.74, 6) is 0.0736. The van der Waals surface area contributed by atoms with Gasteiger partial charge in [-0.15, -0.1) is 0 Å². The first-order valence-corrected chi connectivity index (χ1v) is 22.2. The van der Waals surface area contributed by atoms with Crippen LogP contribution in [0.5, 0.6) is 0 Å². The molecule has 7 heteroatoms. The van der Waals surface area contributed by atoms with Crippen LogP contribution >= 0.6 is 0 Å². The fourth-order valence-electron chi connectivity index (χ4n) is 8.50. The molecule has 4 aromatic rings. The molecule has 1 unspecified atom stereocenters. The summed E-state index contributed by atoms with van der Waals surface area (Å²) in [5.41, 5.74) is 3.55. The van der Waals surface area contributed by atoms with E-state index in [1.165, 1.54) is 28.6 Å². The van der Waals surface area contributed by atoms with E-state index in [4.69, 9.17) is 23.4 Å². The van der Waals surface area contributed by atoms with Gasteiger partial charge in [-0.1, -0.05) is 148 Å². The van der Waals surface area contributed by atoms with Crippen LogP contribution in [-0.2, 0) is 34.8 Å². The zero-order chi connectivity index (χ0) is 38.5. The van der Waals surface area contributed by atoms with Crippen molar-refractivity contribution < 1.29 is 28.2 Å². The second-order valence-electron chi connectivity index (χ2n) is 16.1. The first kappa shape index (κ1) is 40.8. The lowest BCUT2D eigenvalue weighted by atomic mass is 9.90. The Morgan fingerprint density at radius 2 is 1.42 bits per heavy atom. The zero-order valence-corrected chi connectivity index (χ0v) is 34.2. The van der Waals surface area contributed by atoms with Gasteiger partial charge in [0.2, 0.25) is 0 Å². The molecule has 1 aliphatic heterocycles. The minimum Gasteiger partial charge on any atom is -0.469 e. The van der Waals surface area contributed by atoms with Crippen LogP contribution < -0.4 is 10.4 Å². The minimum absolute atomic E-state index is 0.0325. The number of carbonyl (C=O) groups excluding carboxylic acids is 1. The Morgan fingerprint density at radius 1 is 0.782 bits per heavy atom. The number of unbranched alkanes of at least 4 members (excludes halogenated alkanes) is 1. The molecule has 2 aliphatic rings. The summed E-state index contributed by atoms with van der Waals surface area (Å²) in [6.07, 6.45) is 10.9. The molecule has 292 valence electrons. The summed E-state index contributed by atoms with van der Waals surface area (Å²) in [4.78, 5) is 11.7. The van der Waals surface area contributed by atoms with Crippen molar-refractivity contribution in [3.05, 3.63) is 133 Å². The maximum absolute atomic E-state index is 11.7. The predicted octanol–water partition coefficient (Wildman–Crippen LogP) is 9.65. The molecule has 0 radical (unpaired) electrons. The Labute approximate surface area is 330 Å². The highest BCUT2D eigenvalue weighted by Gasteiger charge is 2.52. The number of benzene rings is 4. The SMILES string of the molecule is COC(=O)CCCC=CC[C@@H]1[C@@H](CO[Si](c2ccccc2)(c2ccccc2)C(C)(C)C)[C@H](OC2CCCCO2)C[C@@H]1OCc1ccc(-c2ccccc2)cc1. The molecule has 0 amide bonds. The van der Waals surface area contributed by atoms with Gasteiger partial charge in [0.1, 0.15) is 0 Å². The molecule has 1 saturated carbocycles. The van der Waals surface area contributed by atoms with E-state index in [1.807, 2.05) is 6.07 Å². The largest absolute Gasteiger partial charge is 0.469 e. The Morgan fingerprint density at radius 3 is 2.02 bits per heavy atom. The molecule has 1 heterocycles. The standard InChI is InChI=1S/C48H60O6Si/c1-48(2,3)55(40-22-12-8-13-23-40,41-24-14-9-15-25-41)53-36-43-42(26-16-5-6-17-27-46(49)50-4)44(34-45(43)54-47-28-18-19-33-51-47)52-35-37-29-31-39(32-30-37)38-20-10-7-11-21-38/h5,7-16,20-25,29-32,42-45,47H,6,17-19,26-28,33-36H2,1-4H3/t42-,43-,44+,45-,47?/m1/s1. The van der Waals surface area contributed by atoms with Crippen molar-refractivity contribution in [2.24, 2.45) is 11.8 Å². The lowest BCUT2D eigenvalue weighted by Crippen LogP contribution is -2.67. The van der Waals surface area contributed by atoms with Crippen LogP contribution in [0.3, 0.4) is 0 Å². The first-order valence-electron chi connectivity index (χ1n) is 20.3. The number of hydrogen-bond acceptors (Lipinski definition) is 6. The van der Waals surface area contributed by atoms with Crippen molar-refractivity contribution in [3.8, 4) is 11.1 Å². The van der Waals surface area contributed by atoms with Crippen LogP contribution in [-0.4, -0.2) is 53.1 Å². The van der Waals surface area contributed by atoms with E-state index in [-0.39, 0.29) is 41.3 Å². The molecule has 0 bridgehead atoms. The second kappa shape index (κ2) is 19.8. The van der Waals surface area contributed by atoms with Gasteiger partial charge in [-0.05, 0) is 76.5 Å². The van der Waals surface area contributed by atoms with E-state index in [2.05, 4.69) is 142 Å². The summed E-state index contributed by atoms with van der Waals surface area (Å²) < 4.78 is 32.6. The van der Waals surface area contributed by atoms with Gasteiger partial charge in [-0.25, -0.2) is 0 Å². The summed E-state index contributed by atoms with van der Waals surface area (Å²) in [7, 11) is -1.36. The first-order chi connectivity index (χ1) is 26.8. The van der Waals surface area contributed by atoms with Crippen molar-refractivity contribution in [1.82, 2.24) is 0 Å². The van der Waals surface area contributed by atoms with Crippen LogP contribution in [0.2, 0.25) is 5.04 Å². The zero-order valence-electron chi connectivity index (χ0n) is 33.2. The number of methoxy groups -OCH3 is 1. The van der Waals surface area contributed by atoms with Gasteiger partial charge in [-0.3, -0.25) is 4.79 Å². The lowest BCUT2D eigenvalue weighted by molar-refractivity contribution is -0.198. The van der Waals surface area contributed by atoms with Crippen LogP contribution in [0.25, 0.3) is 11.1 Å². The molecule has 55 heavy (non-hydrogen) atoms. The predicted molar refractivity (Wildman–Crippen MR) is 224 cm³/mol. The van der Waals surface area contributed by atoms with Gasteiger partial charge in [0.05, 0.1) is 25.9 Å². The highest BCUT2D eigenvalue weighted by atomic mass is 28.4. The molecule has 6 rings (SSSR count). The monoisotopic (exact) mass is 760 g/mol. The molecule has 5 atom stereocenters. The summed E-state index contributed by atoms with van der Waals surface area (Å²) in [6, 6.07) is 41.0. The molecule has 0 aromatic heterocycles. The molecule has 6 nitrogen and oxygen atoms in total. The van der Waals surface area contributed by atoms with E-state index in [0.29, 0.717) is 19.6 Å². The topological polar surface area (TPSA) is 63.2 Å². The Bertz CT molecular complexity index is 1710. The number of carbonyl (C=O) groups is 1. The van der Waals surface area contributed by atoms with Gasteiger partial charge < -0.3 is 23.4 Å². The number of ether oxygens (including phenoxy) is 4. The van der Waals surface area contributed by atoms with Crippen LogP contribution in [0.15, 0.2) is 127 Å². The molecule has 4 aromatic carbocycles. The van der Waals surface area contributed by atoms with E-state index >= 15 is 0 Å². The third-order valence-electron chi connectivity index (χ3n) is 11.4. The number of allylic oxidation sites excluding steroid dienone is 2. The van der Waals surface area contributed by atoms with Crippen molar-refractivity contribution in [3.63, 3.8) is 0 Å². The van der Waals surface area contributed by atoms with Crippen LogP contribution in [0.1, 0.15) is 77.7 Å². The van der Waals surface area contributed by atoms with E-state index in [0.717, 1.165) is 57.1 Å². The van der Waals surface area contributed by atoms with Crippen molar-refractivity contribution in [2.75, 3.05) is 20.3 Å². The molecule has 1 saturated heterocycles. The van der Waals surface area contributed by atoms with Crippen molar-refractivity contribution in [1.29, 1.82) is 0 Å². The third-order valence-corrected chi connectivity index (χ3v) is 16.4. The number of rotatable bonds is 17. The van der Waals surface area contributed by atoms with E-state index < -0.39 is 8.32 Å². The second-order valence-corrected chi connectivity index (χ2v) is 20.4.